The number of halogens is 1. The largest absolute Gasteiger partial charge is 0.385 e. The van der Waals surface area contributed by atoms with Crippen molar-refractivity contribution < 1.29 is 0 Å². The second kappa shape index (κ2) is 6.27. The number of nitrogens with zero attached hydrogens (tertiary/aromatic N) is 1. The highest BCUT2D eigenvalue weighted by molar-refractivity contribution is 6.30. The Morgan fingerprint density at radius 1 is 1.29 bits per heavy atom. The van der Waals surface area contributed by atoms with E-state index in [2.05, 4.69) is 17.3 Å². The van der Waals surface area contributed by atoms with Gasteiger partial charge >= 0.3 is 0 Å². The van der Waals surface area contributed by atoms with E-state index in [1.165, 1.54) is 32.2 Å². The second-order valence-corrected chi connectivity index (χ2v) is 5.29. The molecule has 2 rings (SSSR count). The molecule has 3 heteroatoms. The van der Waals surface area contributed by atoms with Gasteiger partial charge in [0, 0.05) is 23.3 Å². The number of piperidine rings is 1. The van der Waals surface area contributed by atoms with Crippen LogP contribution in [-0.4, -0.2) is 31.1 Å². The van der Waals surface area contributed by atoms with Crippen molar-refractivity contribution >= 4 is 17.3 Å². The van der Waals surface area contributed by atoms with Crippen LogP contribution < -0.4 is 5.32 Å². The number of hydrogen-bond donors (Lipinski definition) is 1. The molecular formula is C14H21ClN2. The summed E-state index contributed by atoms with van der Waals surface area (Å²) in [5.41, 5.74) is 1.16. The third kappa shape index (κ3) is 3.90. The van der Waals surface area contributed by atoms with Crippen LogP contribution in [0.25, 0.3) is 0 Å². The minimum absolute atomic E-state index is 0.753. The molecule has 1 aliphatic heterocycles. The lowest BCUT2D eigenvalue weighted by Gasteiger charge is -2.32. The molecule has 1 aromatic carbocycles. The number of anilines is 1. The van der Waals surface area contributed by atoms with Gasteiger partial charge in [0.15, 0.2) is 0 Å². The summed E-state index contributed by atoms with van der Waals surface area (Å²) in [4.78, 5) is 2.49. The topological polar surface area (TPSA) is 15.3 Å². The number of nitrogens with one attached hydrogen (secondary N) is 1. The highest BCUT2D eigenvalue weighted by Gasteiger charge is 2.17. The number of hydrogen-bond acceptors (Lipinski definition) is 2. The molecule has 94 valence electrons. The summed E-state index contributed by atoms with van der Waals surface area (Å²) in [6, 6.07) is 8.68. The van der Waals surface area contributed by atoms with Crippen molar-refractivity contribution in [2.45, 2.75) is 31.7 Å². The molecule has 0 aliphatic carbocycles. The number of likely N-dealkylation sites (tertiary alicyclic amines) is 1. The van der Waals surface area contributed by atoms with Gasteiger partial charge in [-0.05, 0) is 57.1 Å². The average molecular weight is 253 g/mol. The standard InChI is InChI=1S/C14H21ClN2/c1-17-11-3-2-4-14(17)9-10-16-13-7-5-12(15)6-8-13/h5-8,14,16H,2-4,9-11H2,1H3/t14-/m0/s1. The lowest BCUT2D eigenvalue weighted by molar-refractivity contribution is 0.179. The van der Waals surface area contributed by atoms with Crippen molar-refractivity contribution in [3.63, 3.8) is 0 Å². The third-order valence-corrected chi connectivity index (χ3v) is 3.82. The zero-order chi connectivity index (χ0) is 12.1. The van der Waals surface area contributed by atoms with Gasteiger partial charge in [0.25, 0.3) is 0 Å². The molecule has 0 unspecified atom stereocenters. The van der Waals surface area contributed by atoms with Gasteiger partial charge in [-0.3, -0.25) is 0 Å². The highest BCUT2D eigenvalue weighted by atomic mass is 35.5. The van der Waals surface area contributed by atoms with E-state index in [9.17, 15) is 0 Å². The molecule has 1 atom stereocenters. The molecule has 0 saturated carbocycles. The van der Waals surface area contributed by atoms with Crippen molar-refractivity contribution in [1.29, 1.82) is 0 Å². The molecule has 0 bridgehead atoms. The molecule has 1 aromatic rings. The maximum absolute atomic E-state index is 5.85. The molecular weight excluding hydrogens is 232 g/mol. The Morgan fingerprint density at radius 2 is 2.06 bits per heavy atom. The zero-order valence-electron chi connectivity index (χ0n) is 10.5. The molecule has 2 nitrogen and oxygen atoms in total. The zero-order valence-corrected chi connectivity index (χ0v) is 11.2. The first-order valence-electron chi connectivity index (χ1n) is 6.45. The summed E-state index contributed by atoms with van der Waals surface area (Å²) >= 11 is 5.85. The lowest BCUT2D eigenvalue weighted by Crippen LogP contribution is -2.37. The molecule has 0 amide bonds. The van der Waals surface area contributed by atoms with Crippen molar-refractivity contribution in [1.82, 2.24) is 4.90 Å². The summed E-state index contributed by atoms with van der Waals surface area (Å²) in [6.45, 7) is 2.29. The quantitative estimate of drug-likeness (QED) is 0.881. The van der Waals surface area contributed by atoms with Gasteiger partial charge in [0.2, 0.25) is 0 Å². The van der Waals surface area contributed by atoms with Gasteiger partial charge in [-0.15, -0.1) is 0 Å². The summed E-state index contributed by atoms with van der Waals surface area (Å²) in [5, 5.41) is 4.25. The highest BCUT2D eigenvalue weighted by Crippen LogP contribution is 2.18. The van der Waals surface area contributed by atoms with E-state index in [4.69, 9.17) is 11.6 Å². The normalized spacial score (nSPS) is 21.4. The van der Waals surface area contributed by atoms with E-state index >= 15 is 0 Å². The van der Waals surface area contributed by atoms with Gasteiger partial charge < -0.3 is 10.2 Å². The van der Waals surface area contributed by atoms with Crippen molar-refractivity contribution in [3.05, 3.63) is 29.3 Å². The van der Waals surface area contributed by atoms with Crippen molar-refractivity contribution in [3.8, 4) is 0 Å². The fourth-order valence-electron chi connectivity index (χ4n) is 2.46. The molecule has 0 spiro atoms. The van der Waals surface area contributed by atoms with Crippen molar-refractivity contribution in [2.75, 3.05) is 25.5 Å². The molecule has 1 aliphatic rings. The van der Waals surface area contributed by atoms with E-state index in [1.54, 1.807) is 0 Å². The summed E-state index contributed by atoms with van der Waals surface area (Å²) in [7, 11) is 2.24. The van der Waals surface area contributed by atoms with Crippen LogP contribution in [-0.2, 0) is 0 Å². The van der Waals surface area contributed by atoms with Gasteiger partial charge in [0.1, 0.15) is 0 Å². The van der Waals surface area contributed by atoms with Crippen LogP contribution in [0.5, 0.6) is 0 Å². The Hall–Kier alpha value is -0.730. The maximum Gasteiger partial charge on any atom is 0.0407 e. The molecule has 17 heavy (non-hydrogen) atoms. The summed E-state index contributed by atoms with van der Waals surface area (Å²) in [6.07, 6.45) is 5.31. The Kier molecular flexibility index (Phi) is 4.69. The molecule has 0 aromatic heterocycles. The Bertz CT molecular complexity index is 337. The maximum atomic E-state index is 5.85. The smallest absolute Gasteiger partial charge is 0.0407 e. The fourth-order valence-corrected chi connectivity index (χ4v) is 2.59. The molecule has 0 radical (unpaired) electrons. The minimum atomic E-state index is 0.753. The van der Waals surface area contributed by atoms with Gasteiger partial charge in [-0.2, -0.15) is 0 Å². The summed E-state index contributed by atoms with van der Waals surface area (Å²) < 4.78 is 0. The fraction of sp³-hybridized carbons (Fsp3) is 0.571. The van der Waals surface area contributed by atoms with E-state index in [1.807, 2.05) is 24.3 Å². The van der Waals surface area contributed by atoms with Crippen molar-refractivity contribution in [2.24, 2.45) is 0 Å². The van der Waals surface area contributed by atoms with Crippen LogP contribution in [0.1, 0.15) is 25.7 Å². The van der Waals surface area contributed by atoms with E-state index in [-0.39, 0.29) is 0 Å². The van der Waals surface area contributed by atoms with Crippen LogP contribution >= 0.6 is 11.6 Å². The molecule has 1 fully saturated rings. The van der Waals surface area contributed by atoms with Crippen LogP contribution in [0.3, 0.4) is 0 Å². The van der Waals surface area contributed by atoms with Crippen LogP contribution in [0.15, 0.2) is 24.3 Å². The Labute approximate surface area is 109 Å². The van der Waals surface area contributed by atoms with Crippen LogP contribution in [0.2, 0.25) is 5.02 Å². The van der Waals surface area contributed by atoms with Gasteiger partial charge in [-0.25, -0.2) is 0 Å². The Balaban J connectivity index is 1.73. The van der Waals surface area contributed by atoms with E-state index in [0.717, 1.165) is 23.3 Å². The summed E-state index contributed by atoms with van der Waals surface area (Å²) in [5.74, 6) is 0. The average Bonchev–Trinajstić information content (AvgIpc) is 2.34. The second-order valence-electron chi connectivity index (χ2n) is 4.85. The number of rotatable bonds is 4. The lowest BCUT2D eigenvalue weighted by atomic mass is 10.0. The van der Waals surface area contributed by atoms with Gasteiger partial charge in [0.05, 0.1) is 0 Å². The molecule has 1 saturated heterocycles. The first kappa shape index (κ1) is 12.7. The molecule has 1 heterocycles. The molecule has 1 N–H and O–H groups in total. The number of benzene rings is 1. The van der Waals surface area contributed by atoms with Gasteiger partial charge in [-0.1, -0.05) is 18.0 Å². The first-order valence-corrected chi connectivity index (χ1v) is 6.83. The predicted molar refractivity (Wildman–Crippen MR) is 74.8 cm³/mol. The monoisotopic (exact) mass is 252 g/mol. The first-order chi connectivity index (χ1) is 8.25. The predicted octanol–water partition coefficient (Wildman–Crippen LogP) is 3.63. The minimum Gasteiger partial charge on any atom is -0.385 e. The third-order valence-electron chi connectivity index (χ3n) is 3.57. The van der Waals surface area contributed by atoms with E-state index in [0.29, 0.717) is 0 Å². The van der Waals surface area contributed by atoms with E-state index < -0.39 is 0 Å². The van der Waals surface area contributed by atoms with Crippen LogP contribution in [0, 0.1) is 0 Å². The van der Waals surface area contributed by atoms with Crippen LogP contribution in [0.4, 0.5) is 5.69 Å². The Morgan fingerprint density at radius 3 is 2.76 bits per heavy atom. The SMILES string of the molecule is CN1CCCC[C@H]1CCNc1ccc(Cl)cc1.